The zero-order valence-corrected chi connectivity index (χ0v) is 37.2. The van der Waals surface area contributed by atoms with Crippen molar-refractivity contribution in [2.24, 2.45) is 20.0 Å². The first-order chi connectivity index (χ1) is 26.7. The summed E-state index contributed by atoms with van der Waals surface area (Å²) in [5, 5.41) is 41.2. The molecule has 2 aliphatic carbocycles. The number of aryl methyl sites for hydroxylation is 8. The maximum absolute atomic E-state index is 10.3. The predicted octanol–water partition coefficient (Wildman–Crippen LogP) is 10.4. The molecule has 0 bridgehead atoms. The van der Waals surface area contributed by atoms with Crippen molar-refractivity contribution in [2.45, 2.75) is 131 Å². The summed E-state index contributed by atoms with van der Waals surface area (Å²) in [6.45, 7) is 15.7. The van der Waals surface area contributed by atoms with Crippen molar-refractivity contribution in [1.29, 1.82) is 0 Å². The van der Waals surface area contributed by atoms with Gasteiger partial charge in [-0.25, -0.2) is 0 Å². The maximum atomic E-state index is 10.3. The number of phenolic OH excluding ortho intramolecular Hbond substituents is 4. The van der Waals surface area contributed by atoms with Crippen LogP contribution in [0.4, 0.5) is 0 Å². The first-order valence-electron chi connectivity index (χ1n) is 20.0. The van der Waals surface area contributed by atoms with Crippen LogP contribution >= 0.6 is 0 Å². The molecular weight excluding hydrogens is 814 g/mol. The van der Waals surface area contributed by atoms with Crippen molar-refractivity contribution in [3.63, 3.8) is 0 Å². The van der Waals surface area contributed by atoms with Crippen LogP contribution in [-0.2, 0) is 33.6 Å². The quantitative estimate of drug-likeness (QED) is 0.131. The fourth-order valence-electron chi connectivity index (χ4n) is 7.95. The number of aromatic hydroxyl groups is 4. The van der Waals surface area contributed by atoms with Gasteiger partial charge in [0.15, 0.2) is 0 Å². The fraction of sp³-hybridized carbons (Fsp3) is 0.417. The Morgan fingerprint density at radius 3 is 0.741 bits per heavy atom. The number of nitrogens with zero attached hydrogens (tertiary/aromatic N) is 4. The SMILES string of the molecule is Cc1cc(C)c(O)c(C=N[C@@H]2CCCC[C@H]2N=Cc2cc(C)cc(C)c2O)c1.Cc1cc(C)c(O)c(C=N[C@H]2CCCC[C@@H]2N=Cc2cc(C)cc(C)c2O)c1.[Co].[Co]. The molecule has 0 saturated heterocycles. The molecule has 0 aliphatic heterocycles. The van der Waals surface area contributed by atoms with Crippen LogP contribution in [0, 0.1) is 55.4 Å². The van der Waals surface area contributed by atoms with Gasteiger partial charge in [-0.15, -0.1) is 0 Å². The molecule has 2 aliphatic rings. The minimum Gasteiger partial charge on any atom is -0.507 e. The molecule has 10 heteroatoms. The molecule has 6 rings (SSSR count). The van der Waals surface area contributed by atoms with E-state index in [2.05, 4.69) is 0 Å². The van der Waals surface area contributed by atoms with E-state index in [0.29, 0.717) is 23.0 Å². The second-order valence-electron chi connectivity index (χ2n) is 16.0. The molecule has 4 atom stereocenters. The molecule has 2 saturated carbocycles. The predicted molar refractivity (Wildman–Crippen MR) is 233 cm³/mol. The first kappa shape index (κ1) is 48.1. The Hall–Kier alpha value is -4.23. The number of hydrogen-bond acceptors (Lipinski definition) is 8. The molecule has 4 aromatic carbocycles. The first-order valence-corrected chi connectivity index (χ1v) is 20.0. The molecule has 4 N–H and O–H groups in total. The van der Waals surface area contributed by atoms with Gasteiger partial charge in [0.2, 0.25) is 0 Å². The Morgan fingerprint density at radius 2 is 0.552 bits per heavy atom. The number of benzene rings is 4. The van der Waals surface area contributed by atoms with Crippen molar-refractivity contribution in [3.8, 4) is 23.0 Å². The summed E-state index contributed by atoms with van der Waals surface area (Å²) in [6.07, 6.45) is 15.7. The van der Waals surface area contributed by atoms with E-state index >= 15 is 0 Å². The van der Waals surface area contributed by atoms with E-state index in [1.54, 1.807) is 24.9 Å². The largest absolute Gasteiger partial charge is 0.507 e. The monoisotopic (exact) mass is 874 g/mol. The number of aliphatic imine (C=N–C) groups is 4. The van der Waals surface area contributed by atoms with Gasteiger partial charge in [-0.05, 0) is 150 Å². The van der Waals surface area contributed by atoms with E-state index < -0.39 is 0 Å². The van der Waals surface area contributed by atoms with Crippen LogP contribution in [-0.4, -0.2) is 69.5 Å². The molecule has 0 amide bonds. The molecule has 2 fully saturated rings. The maximum Gasteiger partial charge on any atom is 0.127 e. The minimum atomic E-state index is 0. The molecule has 2 radical (unpaired) electrons. The number of phenols is 4. The van der Waals surface area contributed by atoms with E-state index in [4.69, 9.17) is 20.0 Å². The van der Waals surface area contributed by atoms with Gasteiger partial charge in [0.1, 0.15) is 23.0 Å². The zero-order chi connectivity index (χ0) is 40.5. The second-order valence-corrected chi connectivity index (χ2v) is 16.0. The summed E-state index contributed by atoms with van der Waals surface area (Å²) in [6, 6.07) is 16.1. The third-order valence-corrected chi connectivity index (χ3v) is 10.9. The molecule has 0 heterocycles. The summed E-state index contributed by atoms with van der Waals surface area (Å²) in [7, 11) is 0. The Morgan fingerprint density at radius 1 is 0.362 bits per heavy atom. The van der Waals surface area contributed by atoms with Crippen molar-refractivity contribution in [1.82, 2.24) is 0 Å². The van der Waals surface area contributed by atoms with Gasteiger partial charge in [0.05, 0.1) is 24.2 Å². The van der Waals surface area contributed by atoms with Gasteiger partial charge in [0, 0.05) is 80.7 Å². The van der Waals surface area contributed by atoms with Gasteiger partial charge in [-0.2, -0.15) is 0 Å². The zero-order valence-electron chi connectivity index (χ0n) is 35.1. The summed E-state index contributed by atoms with van der Waals surface area (Å²) < 4.78 is 0. The van der Waals surface area contributed by atoms with Crippen LogP contribution in [0.1, 0.15) is 118 Å². The topological polar surface area (TPSA) is 130 Å². The van der Waals surface area contributed by atoms with Gasteiger partial charge in [-0.1, -0.05) is 49.9 Å². The van der Waals surface area contributed by atoms with E-state index in [1.807, 2.05) is 104 Å². The van der Waals surface area contributed by atoms with Gasteiger partial charge >= 0.3 is 0 Å². The van der Waals surface area contributed by atoms with Crippen molar-refractivity contribution in [3.05, 3.63) is 115 Å². The third kappa shape index (κ3) is 12.9. The average Bonchev–Trinajstić information content (AvgIpc) is 3.16. The van der Waals surface area contributed by atoms with Crippen LogP contribution in [0.3, 0.4) is 0 Å². The van der Waals surface area contributed by atoms with Gasteiger partial charge < -0.3 is 20.4 Å². The molecular formula is C48H60Co2N4O4. The Bertz CT molecular complexity index is 1840. The van der Waals surface area contributed by atoms with Gasteiger partial charge in [-0.3, -0.25) is 20.0 Å². The molecule has 8 nitrogen and oxygen atoms in total. The molecule has 58 heavy (non-hydrogen) atoms. The van der Waals surface area contributed by atoms with E-state index in [-0.39, 0.29) is 57.7 Å². The van der Waals surface area contributed by atoms with Crippen molar-refractivity contribution in [2.75, 3.05) is 0 Å². The van der Waals surface area contributed by atoms with Crippen LogP contribution in [0.15, 0.2) is 68.5 Å². The van der Waals surface area contributed by atoms with Crippen molar-refractivity contribution >= 4 is 24.9 Å². The Labute approximate surface area is 366 Å². The number of rotatable bonds is 8. The summed E-state index contributed by atoms with van der Waals surface area (Å²) >= 11 is 0. The van der Waals surface area contributed by atoms with Crippen LogP contribution < -0.4 is 0 Å². The Balaban J connectivity index is 0.000000300. The van der Waals surface area contributed by atoms with Crippen LogP contribution in [0.5, 0.6) is 23.0 Å². The smallest absolute Gasteiger partial charge is 0.127 e. The average molecular weight is 875 g/mol. The summed E-state index contributed by atoms with van der Waals surface area (Å²) in [5.74, 6) is 1.19. The molecule has 0 spiro atoms. The third-order valence-electron chi connectivity index (χ3n) is 10.9. The second kappa shape index (κ2) is 22.2. The molecule has 0 aromatic heterocycles. The fourth-order valence-corrected chi connectivity index (χ4v) is 7.95. The van der Waals surface area contributed by atoms with Crippen molar-refractivity contribution < 1.29 is 54.0 Å². The molecule has 314 valence electrons. The Kier molecular flexibility index (Phi) is 18.5. The van der Waals surface area contributed by atoms with E-state index in [9.17, 15) is 20.4 Å². The van der Waals surface area contributed by atoms with E-state index in [1.165, 1.54) is 0 Å². The standard InChI is InChI=1S/2C24H30N2O2.2Co/c2*1-15-9-17(3)23(27)19(11-15)13-25-21-7-5-6-8-22(21)26-14-20-12-16(2)10-18(4)24(20)28;;/h2*9-14,21-22,27-28H,5-8H2,1-4H3;;/t2*21-,22-;;/m10../s1. The van der Waals surface area contributed by atoms with Crippen LogP contribution in [0.25, 0.3) is 0 Å². The molecule has 4 aromatic rings. The number of hydrogen-bond donors (Lipinski definition) is 4. The summed E-state index contributed by atoms with van der Waals surface area (Å²) in [4.78, 5) is 19.1. The van der Waals surface area contributed by atoms with Crippen LogP contribution in [0.2, 0.25) is 0 Å². The molecule has 0 unspecified atom stereocenters. The normalized spacial score (nSPS) is 19.6. The van der Waals surface area contributed by atoms with E-state index in [0.717, 1.165) is 118 Å². The minimum absolute atomic E-state index is 0. The summed E-state index contributed by atoms with van der Waals surface area (Å²) in [5.41, 5.74) is 11.0. The van der Waals surface area contributed by atoms with Gasteiger partial charge in [0.25, 0.3) is 0 Å².